The minimum Gasteiger partial charge on any atom is -0.458 e. The average molecular weight is 500 g/mol. The number of hydrogen-bond acceptors (Lipinski definition) is 9. The van der Waals surface area contributed by atoms with Crippen molar-refractivity contribution in [3.63, 3.8) is 0 Å². The largest absolute Gasteiger partial charge is 0.458 e. The van der Waals surface area contributed by atoms with Crippen LogP contribution in [0.15, 0.2) is 22.3 Å². The molecule has 0 aromatic heterocycles. The first-order valence-corrected chi connectivity index (χ1v) is 12.7. The van der Waals surface area contributed by atoms with Gasteiger partial charge in [-0.2, -0.15) is 0 Å². The topological polar surface area (TPSA) is 116 Å². The Morgan fingerprint density at radius 1 is 1.11 bits per heavy atom. The Morgan fingerprint density at radius 3 is 2.44 bits per heavy atom. The number of carbonyl (C=O) groups excluding carboxylic acids is 5. The zero-order valence-electron chi connectivity index (χ0n) is 21.3. The van der Waals surface area contributed by atoms with Crippen molar-refractivity contribution < 1.29 is 38.2 Å². The Morgan fingerprint density at radius 2 is 1.81 bits per heavy atom. The number of rotatable bonds is 5. The predicted octanol–water partition coefficient (Wildman–Crippen LogP) is 1.73. The number of esters is 2. The number of methoxy groups -OCH3 is 1. The monoisotopic (exact) mass is 499 g/mol. The Hall–Kier alpha value is -2.65. The van der Waals surface area contributed by atoms with Crippen molar-refractivity contribution in [3.8, 4) is 0 Å². The Labute approximate surface area is 210 Å². The van der Waals surface area contributed by atoms with Crippen molar-refractivity contribution in [2.45, 2.75) is 65.1 Å². The Bertz CT molecular complexity index is 1130. The van der Waals surface area contributed by atoms with Gasteiger partial charge in [0.1, 0.15) is 18.0 Å². The van der Waals surface area contributed by atoms with E-state index in [9.17, 15) is 24.0 Å². The molecule has 2 aliphatic heterocycles. The zero-order valence-corrected chi connectivity index (χ0v) is 21.3. The summed E-state index contributed by atoms with van der Waals surface area (Å²) in [6, 6.07) is 0. The van der Waals surface area contributed by atoms with Crippen LogP contribution < -0.4 is 0 Å². The zero-order chi connectivity index (χ0) is 26.0. The van der Waals surface area contributed by atoms with Crippen LogP contribution in [0, 0.1) is 16.7 Å². The number of nitrogens with zero attached hydrogens (tertiary/aromatic N) is 1. The molecular formula is C27H33NO8. The van der Waals surface area contributed by atoms with E-state index in [1.54, 1.807) is 13.8 Å². The first-order valence-electron chi connectivity index (χ1n) is 12.7. The molecular weight excluding hydrogens is 466 g/mol. The lowest BCUT2D eigenvalue weighted by Gasteiger charge is -2.53. The van der Waals surface area contributed by atoms with Crippen molar-refractivity contribution in [1.29, 1.82) is 0 Å². The maximum atomic E-state index is 13.9. The highest BCUT2D eigenvalue weighted by Crippen LogP contribution is 2.61. The number of fused-ring (bicyclic) bond motifs is 4. The highest BCUT2D eigenvalue weighted by atomic mass is 16.6. The van der Waals surface area contributed by atoms with Gasteiger partial charge in [-0.25, -0.2) is 4.79 Å². The SMILES string of the molecule is COCC1OC(=O)C(CN2CCCC2)=C2C(=O)C(=O)C3=C(C(OC(C)=O)CC4(C)C(=O)CCC34)C21C. The number of Topliss-reactive ketones (excluding diaryl/α,β-unsaturated/α-hetero) is 3. The minimum absolute atomic E-state index is 0.00109. The third kappa shape index (κ3) is 3.46. The van der Waals surface area contributed by atoms with Gasteiger partial charge in [0, 0.05) is 55.9 Å². The number of ketones is 3. The molecule has 0 aromatic rings. The van der Waals surface area contributed by atoms with Crippen LogP contribution in [0.2, 0.25) is 0 Å². The van der Waals surface area contributed by atoms with Gasteiger partial charge in [0.2, 0.25) is 11.6 Å². The molecule has 194 valence electrons. The average Bonchev–Trinajstić information content (AvgIpc) is 3.42. The summed E-state index contributed by atoms with van der Waals surface area (Å²) in [5.74, 6) is -3.06. The lowest BCUT2D eigenvalue weighted by molar-refractivity contribution is -0.162. The first kappa shape index (κ1) is 25.0. The Balaban J connectivity index is 1.78. The lowest BCUT2D eigenvalue weighted by Crippen LogP contribution is -2.59. The number of carbonyl (C=O) groups is 5. The van der Waals surface area contributed by atoms with Gasteiger partial charge in [0.05, 0.1) is 17.6 Å². The van der Waals surface area contributed by atoms with Crippen molar-refractivity contribution in [1.82, 2.24) is 4.90 Å². The molecule has 1 saturated heterocycles. The van der Waals surface area contributed by atoms with Crippen molar-refractivity contribution in [2.75, 3.05) is 33.4 Å². The van der Waals surface area contributed by atoms with Gasteiger partial charge in [-0.15, -0.1) is 0 Å². The van der Waals surface area contributed by atoms with E-state index >= 15 is 0 Å². The van der Waals surface area contributed by atoms with Crippen molar-refractivity contribution in [3.05, 3.63) is 22.3 Å². The van der Waals surface area contributed by atoms with E-state index in [1.807, 2.05) is 0 Å². The summed E-state index contributed by atoms with van der Waals surface area (Å²) in [4.78, 5) is 68.3. The molecule has 2 heterocycles. The molecule has 0 aromatic carbocycles. The fraction of sp³-hybridized carbons (Fsp3) is 0.667. The van der Waals surface area contributed by atoms with Gasteiger partial charge in [-0.1, -0.05) is 6.92 Å². The van der Waals surface area contributed by atoms with E-state index in [0.29, 0.717) is 18.4 Å². The van der Waals surface area contributed by atoms with Crippen LogP contribution >= 0.6 is 0 Å². The molecule has 9 heteroatoms. The molecule has 1 saturated carbocycles. The number of hydrogen-bond donors (Lipinski definition) is 0. The van der Waals surface area contributed by atoms with Gasteiger partial charge >= 0.3 is 11.9 Å². The molecule has 0 amide bonds. The van der Waals surface area contributed by atoms with E-state index < -0.39 is 52.5 Å². The van der Waals surface area contributed by atoms with Gasteiger partial charge in [-0.3, -0.25) is 24.1 Å². The molecule has 5 aliphatic rings. The summed E-state index contributed by atoms with van der Waals surface area (Å²) in [6.07, 6.45) is 1.15. The van der Waals surface area contributed by atoms with E-state index in [0.717, 1.165) is 25.9 Å². The first-order chi connectivity index (χ1) is 17.0. The number of allylic oxidation sites excluding steroid dienone is 1. The summed E-state index contributed by atoms with van der Waals surface area (Å²) >= 11 is 0. The maximum Gasteiger partial charge on any atom is 0.336 e. The second kappa shape index (κ2) is 8.73. The third-order valence-corrected chi connectivity index (χ3v) is 9.04. The highest BCUT2D eigenvalue weighted by Gasteiger charge is 2.65. The molecule has 0 N–H and O–H groups in total. The number of likely N-dealkylation sites (tertiary alicyclic amines) is 1. The van der Waals surface area contributed by atoms with Crippen LogP contribution in [0.3, 0.4) is 0 Å². The van der Waals surface area contributed by atoms with E-state index in [1.165, 1.54) is 14.0 Å². The van der Waals surface area contributed by atoms with Crippen LogP contribution in [-0.4, -0.2) is 79.7 Å². The summed E-state index contributed by atoms with van der Waals surface area (Å²) in [6.45, 7) is 6.65. The van der Waals surface area contributed by atoms with E-state index in [-0.39, 0.29) is 42.1 Å². The summed E-state index contributed by atoms with van der Waals surface area (Å²) in [5, 5.41) is 0. The quantitative estimate of drug-likeness (QED) is 0.412. The summed E-state index contributed by atoms with van der Waals surface area (Å²) in [7, 11) is 1.47. The van der Waals surface area contributed by atoms with Crippen LogP contribution in [0.4, 0.5) is 0 Å². The molecule has 36 heavy (non-hydrogen) atoms. The van der Waals surface area contributed by atoms with Crippen LogP contribution in [0.5, 0.6) is 0 Å². The molecule has 9 nitrogen and oxygen atoms in total. The minimum atomic E-state index is -1.23. The van der Waals surface area contributed by atoms with Gasteiger partial charge in [0.15, 0.2) is 0 Å². The lowest BCUT2D eigenvalue weighted by atomic mass is 9.52. The standard InChI is InChI=1S/C27H33NO8/c1-14(29)35-17-11-26(2)16(7-8-18(26)30)20-22(17)27(3)19(13-34-4)36-25(33)15(12-28-9-5-6-10-28)21(27)24(32)23(20)31/h16-17,19H,5-13H2,1-4H3. The molecule has 2 fully saturated rings. The van der Waals surface area contributed by atoms with E-state index in [2.05, 4.69) is 4.90 Å². The van der Waals surface area contributed by atoms with Crippen molar-refractivity contribution in [2.24, 2.45) is 16.7 Å². The third-order valence-electron chi connectivity index (χ3n) is 9.04. The predicted molar refractivity (Wildman–Crippen MR) is 126 cm³/mol. The van der Waals surface area contributed by atoms with Crippen LogP contribution in [0.25, 0.3) is 0 Å². The molecule has 5 rings (SSSR count). The Kier molecular flexibility index (Phi) is 6.07. The maximum absolute atomic E-state index is 13.9. The molecule has 0 spiro atoms. The van der Waals surface area contributed by atoms with Gasteiger partial charge < -0.3 is 14.2 Å². The fourth-order valence-corrected chi connectivity index (χ4v) is 7.31. The summed E-state index contributed by atoms with van der Waals surface area (Å²) in [5.41, 5.74) is -1.07. The molecule has 0 bridgehead atoms. The van der Waals surface area contributed by atoms with Crippen LogP contribution in [-0.2, 0) is 38.2 Å². The van der Waals surface area contributed by atoms with Gasteiger partial charge in [-0.05, 0) is 44.8 Å². The second-order valence-corrected chi connectivity index (χ2v) is 11.1. The second-order valence-electron chi connectivity index (χ2n) is 11.1. The molecule has 5 unspecified atom stereocenters. The van der Waals surface area contributed by atoms with Gasteiger partial charge in [0.25, 0.3) is 0 Å². The molecule has 0 radical (unpaired) electrons. The summed E-state index contributed by atoms with van der Waals surface area (Å²) < 4.78 is 17.1. The molecule has 5 atom stereocenters. The number of cyclic esters (lactones) is 1. The van der Waals surface area contributed by atoms with E-state index in [4.69, 9.17) is 14.2 Å². The van der Waals surface area contributed by atoms with Crippen molar-refractivity contribution >= 4 is 29.3 Å². The highest BCUT2D eigenvalue weighted by molar-refractivity contribution is 6.51. The fourth-order valence-electron chi connectivity index (χ4n) is 7.31. The smallest absolute Gasteiger partial charge is 0.336 e. The number of ether oxygens (including phenoxy) is 3. The molecule has 3 aliphatic carbocycles. The van der Waals surface area contributed by atoms with Crippen LogP contribution in [0.1, 0.15) is 52.9 Å². The normalized spacial score (nSPS) is 36.6.